The van der Waals surface area contributed by atoms with Gasteiger partial charge in [-0.3, -0.25) is 0 Å². The summed E-state index contributed by atoms with van der Waals surface area (Å²) in [5.74, 6) is 0.502. The average molecular weight is 606 g/mol. The molecule has 2 aliphatic carbocycles. The highest BCUT2D eigenvalue weighted by Crippen LogP contribution is 2.60. The van der Waals surface area contributed by atoms with Crippen LogP contribution in [0.2, 0.25) is 0 Å². The van der Waals surface area contributed by atoms with E-state index in [1.165, 1.54) is 0 Å². The van der Waals surface area contributed by atoms with Gasteiger partial charge in [0.25, 0.3) is 0 Å². The molecular formula is C33H18Br2O2. The lowest BCUT2D eigenvalue weighted by atomic mass is 9.75. The molecule has 0 radical (unpaired) electrons. The molecule has 0 atom stereocenters. The van der Waals surface area contributed by atoms with E-state index >= 15 is 0 Å². The lowest BCUT2D eigenvalue weighted by Gasteiger charge is -2.28. The number of benzene rings is 6. The number of phenols is 2. The minimum atomic E-state index is -0.792. The van der Waals surface area contributed by atoms with Crippen LogP contribution in [0.3, 0.4) is 0 Å². The molecule has 176 valence electrons. The van der Waals surface area contributed by atoms with Gasteiger partial charge in [0.15, 0.2) is 0 Å². The minimum absolute atomic E-state index is 0.251. The van der Waals surface area contributed by atoms with Gasteiger partial charge in [0.05, 0.1) is 5.41 Å². The highest BCUT2D eigenvalue weighted by atomic mass is 79.9. The Hall–Kier alpha value is -3.60. The zero-order valence-corrected chi connectivity index (χ0v) is 22.6. The van der Waals surface area contributed by atoms with Crippen LogP contribution in [0.5, 0.6) is 11.5 Å². The normalized spacial score (nSPS) is 15.0. The highest BCUT2D eigenvalue weighted by molar-refractivity contribution is 9.11. The molecule has 0 saturated carbocycles. The van der Waals surface area contributed by atoms with E-state index in [2.05, 4.69) is 105 Å². The number of hydrogen-bond acceptors (Lipinski definition) is 2. The number of hydrogen-bond donors (Lipinski definition) is 2. The van der Waals surface area contributed by atoms with Gasteiger partial charge in [-0.05, 0) is 64.5 Å². The number of fused-ring (bicyclic) bond motifs is 10. The molecule has 37 heavy (non-hydrogen) atoms. The summed E-state index contributed by atoms with van der Waals surface area (Å²) in [4.78, 5) is 0. The Bertz CT molecular complexity index is 1930. The van der Waals surface area contributed by atoms with E-state index in [4.69, 9.17) is 0 Å². The molecule has 2 N–H and O–H groups in total. The first-order valence-corrected chi connectivity index (χ1v) is 13.7. The van der Waals surface area contributed by atoms with Crippen LogP contribution < -0.4 is 0 Å². The summed E-state index contributed by atoms with van der Waals surface area (Å²) in [6, 6.07) is 24.6. The molecular weight excluding hydrogens is 588 g/mol. The van der Waals surface area contributed by atoms with Crippen molar-refractivity contribution in [3.63, 3.8) is 0 Å². The van der Waals surface area contributed by atoms with Crippen molar-refractivity contribution < 1.29 is 10.2 Å². The van der Waals surface area contributed by atoms with Gasteiger partial charge in [0.1, 0.15) is 11.5 Å². The predicted molar refractivity (Wildman–Crippen MR) is 160 cm³/mol. The molecule has 0 fully saturated rings. The van der Waals surface area contributed by atoms with Crippen LogP contribution in [0.25, 0.3) is 55.2 Å². The lowest BCUT2D eigenvalue weighted by molar-refractivity contribution is 0.459. The third-order valence-corrected chi connectivity index (χ3v) is 9.85. The number of rotatable bonds is 0. The fourth-order valence-electron chi connectivity index (χ4n) is 6.53. The van der Waals surface area contributed by atoms with Crippen molar-refractivity contribution in [2.24, 2.45) is 0 Å². The molecule has 0 saturated heterocycles. The summed E-state index contributed by atoms with van der Waals surface area (Å²) in [6.45, 7) is 0. The van der Waals surface area contributed by atoms with Gasteiger partial charge in [0, 0.05) is 41.6 Å². The van der Waals surface area contributed by atoms with Gasteiger partial charge in [0.2, 0.25) is 0 Å². The van der Waals surface area contributed by atoms with E-state index < -0.39 is 5.41 Å². The van der Waals surface area contributed by atoms with Crippen LogP contribution in [-0.4, -0.2) is 10.2 Å². The first-order chi connectivity index (χ1) is 18.0. The molecule has 1 spiro atoms. The molecule has 8 rings (SSSR count). The van der Waals surface area contributed by atoms with Crippen molar-refractivity contribution >= 4 is 87.1 Å². The molecule has 0 heterocycles. The Balaban J connectivity index is 1.54. The summed E-state index contributed by atoms with van der Waals surface area (Å²) in [5.41, 5.74) is 2.66. The number of allylic oxidation sites excluding steroid dienone is 2. The summed E-state index contributed by atoms with van der Waals surface area (Å²) >= 11 is 7.74. The van der Waals surface area contributed by atoms with E-state index in [1.54, 1.807) is 0 Å². The second kappa shape index (κ2) is 7.25. The predicted octanol–water partition coefficient (Wildman–Crippen LogP) is 9.58. The van der Waals surface area contributed by atoms with Crippen molar-refractivity contribution in [2.45, 2.75) is 5.41 Å². The summed E-state index contributed by atoms with van der Waals surface area (Å²) < 4.78 is 1.89. The quantitative estimate of drug-likeness (QED) is 0.169. The van der Waals surface area contributed by atoms with Gasteiger partial charge in [-0.2, -0.15) is 0 Å². The van der Waals surface area contributed by atoms with E-state index in [1.807, 2.05) is 24.3 Å². The number of phenolic OH excluding ortho intramolecular Hbond substituents is 2. The molecule has 2 nitrogen and oxygen atoms in total. The zero-order valence-electron chi connectivity index (χ0n) is 19.4. The van der Waals surface area contributed by atoms with Crippen molar-refractivity contribution in [3.05, 3.63) is 116 Å². The van der Waals surface area contributed by atoms with Crippen molar-refractivity contribution in [2.75, 3.05) is 0 Å². The average Bonchev–Trinajstić information content (AvgIpc) is 3.51. The van der Waals surface area contributed by atoms with Crippen LogP contribution in [0, 0.1) is 0 Å². The number of aromatic hydroxyl groups is 2. The second-order valence-electron chi connectivity index (χ2n) is 9.86. The fraction of sp³-hybridized carbons (Fsp3) is 0.0303. The third kappa shape index (κ3) is 2.55. The first-order valence-electron chi connectivity index (χ1n) is 12.1. The van der Waals surface area contributed by atoms with E-state index in [0.717, 1.165) is 74.3 Å². The van der Waals surface area contributed by atoms with E-state index in [-0.39, 0.29) is 11.5 Å². The maximum atomic E-state index is 12.0. The van der Waals surface area contributed by atoms with Gasteiger partial charge >= 0.3 is 0 Å². The van der Waals surface area contributed by atoms with Crippen molar-refractivity contribution in [1.29, 1.82) is 0 Å². The molecule has 0 aliphatic heterocycles. The zero-order chi connectivity index (χ0) is 25.1. The second-order valence-corrected chi connectivity index (χ2v) is 11.4. The van der Waals surface area contributed by atoms with Crippen LogP contribution in [0.15, 0.2) is 93.9 Å². The fourth-order valence-corrected chi connectivity index (χ4v) is 7.85. The molecule has 0 aromatic heterocycles. The van der Waals surface area contributed by atoms with Crippen molar-refractivity contribution in [1.82, 2.24) is 0 Å². The van der Waals surface area contributed by atoms with E-state index in [0.29, 0.717) is 0 Å². The maximum absolute atomic E-state index is 12.0. The molecule has 0 amide bonds. The van der Waals surface area contributed by atoms with Crippen LogP contribution in [-0.2, 0) is 5.41 Å². The molecule has 6 aromatic rings. The van der Waals surface area contributed by atoms with Crippen LogP contribution in [0.4, 0.5) is 0 Å². The molecule has 4 heteroatoms. The summed E-state index contributed by atoms with van der Waals surface area (Å²) in [7, 11) is 0. The Morgan fingerprint density at radius 2 is 0.946 bits per heavy atom. The lowest BCUT2D eigenvalue weighted by Crippen LogP contribution is -2.20. The Labute approximate surface area is 229 Å². The summed E-state index contributed by atoms with van der Waals surface area (Å²) in [5, 5.41) is 31.7. The Morgan fingerprint density at radius 3 is 1.41 bits per heavy atom. The molecule has 0 bridgehead atoms. The van der Waals surface area contributed by atoms with Crippen LogP contribution in [0.1, 0.15) is 22.3 Å². The monoisotopic (exact) mass is 604 g/mol. The largest absolute Gasteiger partial charge is 0.507 e. The Morgan fingerprint density at radius 1 is 0.514 bits per heavy atom. The maximum Gasteiger partial charge on any atom is 0.129 e. The molecule has 6 aromatic carbocycles. The third-order valence-electron chi connectivity index (χ3n) is 8.14. The molecule has 0 unspecified atom stereocenters. The highest BCUT2D eigenvalue weighted by Gasteiger charge is 2.45. The minimum Gasteiger partial charge on any atom is -0.507 e. The van der Waals surface area contributed by atoms with Crippen LogP contribution >= 0.6 is 31.9 Å². The van der Waals surface area contributed by atoms with Gasteiger partial charge in [-0.1, -0.05) is 97.1 Å². The van der Waals surface area contributed by atoms with Gasteiger partial charge < -0.3 is 10.2 Å². The topological polar surface area (TPSA) is 40.5 Å². The first kappa shape index (κ1) is 21.5. The van der Waals surface area contributed by atoms with E-state index in [9.17, 15) is 10.2 Å². The van der Waals surface area contributed by atoms with Gasteiger partial charge in [-0.15, -0.1) is 0 Å². The van der Waals surface area contributed by atoms with Gasteiger partial charge in [-0.25, -0.2) is 0 Å². The Kier molecular flexibility index (Phi) is 4.21. The smallest absolute Gasteiger partial charge is 0.129 e. The molecule has 2 aliphatic rings. The summed E-state index contributed by atoms with van der Waals surface area (Å²) in [6.07, 6.45) is 8.34. The number of halogens is 2. The van der Waals surface area contributed by atoms with Crippen molar-refractivity contribution in [3.8, 4) is 11.5 Å². The standard InChI is InChI=1S/C33H18Br2O2/c34-29-21-11-9-17-5-1-3-7-19(17)25(21)31(36)27-23(29)13-15-33(27)16-14-24-28(33)32(37)26-20-8-4-2-6-18(20)10-12-22(26)30(24)35/h1-16,36-37H. The SMILES string of the molecule is Oc1c2c(c(Br)c3ccc4ccccc4c13)C=CC21C=Cc2c1c(O)c1c(ccc3ccccc31)c2Br.